The third kappa shape index (κ3) is 7.25. The van der Waals surface area contributed by atoms with Gasteiger partial charge in [-0.2, -0.15) is 0 Å². The number of thiocarbonyl (C=S) groups is 1. The van der Waals surface area contributed by atoms with Gasteiger partial charge in [-0.1, -0.05) is 53.2 Å². The molecule has 0 radical (unpaired) electrons. The van der Waals surface area contributed by atoms with Crippen LogP contribution in [-0.4, -0.2) is 59.8 Å². The molecule has 1 saturated heterocycles. The van der Waals surface area contributed by atoms with Gasteiger partial charge in [-0.3, -0.25) is 14.5 Å². The highest BCUT2D eigenvalue weighted by Crippen LogP contribution is 2.34. The van der Waals surface area contributed by atoms with E-state index in [4.69, 9.17) is 40.2 Å². The number of ether oxygens (including phenoxy) is 1. The average molecular weight is 470 g/mol. The number of rotatable bonds is 7. The molecule has 1 heterocycles. The minimum atomic E-state index is -0.356. The Balaban J connectivity index is 0.00000364. The van der Waals surface area contributed by atoms with E-state index >= 15 is 0 Å². The van der Waals surface area contributed by atoms with E-state index in [0.717, 1.165) is 0 Å². The van der Waals surface area contributed by atoms with Crippen molar-refractivity contribution in [3.8, 4) is 0 Å². The molecule has 1 aliphatic rings. The van der Waals surface area contributed by atoms with Gasteiger partial charge in [0, 0.05) is 23.1 Å². The van der Waals surface area contributed by atoms with Crippen molar-refractivity contribution < 1.29 is 14.3 Å². The largest absolute Gasteiger partial charge is 0.464 e. The summed E-state index contributed by atoms with van der Waals surface area (Å²) in [6, 6.07) is 5.04. The molecule has 0 bridgehead atoms. The van der Waals surface area contributed by atoms with Crippen LogP contribution < -0.4 is 0 Å². The third-order valence-corrected chi connectivity index (χ3v) is 5.40. The lowest BCUT2D eigenvalue weighted by atomic mass is 10.2. The number of hydrogen-bond donors (Lipinski definition) is 0. The topological polar surface area (TPSA) is 49.9 Å². The van der Waals surface area contributed by atoms with Crippen molar-refractivity contribution in [1.29, 1.82) is 0 Å². The van der Waals surface area contributed by atoms with Crippen LogP contribution in [0, 0.1) is 0 Å². The molecule has 0 atom stereocenters. The van der Waals surface area contributed by atoms with Gasteiger partial charge in [-0.15, -0.1) is 12.4 Å². The quantitative estimate of drug-likeness (QED) is 0.340. The summed E-state index contributed by atoms with van der Waals surface area (Å²) in [6.07, 6.45) is 1.77. The zero-order chi connectivity index (χ0) is 19.3. The van der Waals surface area contributed by atoms with Gasteiger partial charge in [0.05, 0.1) is 11.3 Å². The van der Waals surface area contributed by atoms with Crippen molar-refractivity contribution >= 4 is 81.9 Å². The molecule has 0 saturated carbocycles. The van der Waals surface area contributed by atoms with Crippen LogP contribution in [0.25, 0.3) is 6.08 Å². The molecule has 0 N–H and O–H groups in total. The zero-order valence-electron chi connectivity index (χ0n) is 14.7. The Morgan fingerprint density at radius 1 is 1.37 bits per heavy atom. The average Bonchev–Trinajstić information content (AvgIpc) is 2.81. The third-order valence-electron chi connectivity index (χ3n) is 3.46. The number of thioether (sulfide) groups is 1. The number of amides is 1. The fourth-order valence-corrected chi connectivity index (χ4v) is 3.83. The number of carbonyl (C=O) groups excluding carboxylic acids is 2. The van der Waals surface area contributed by atoms with Crippen molar-refractivity contribution in [1.82, 2.24) is 9.80 Å². The SMILES string of the molecule is CN(C)CCOC(=O)CCN1C(=O)/C(=C/c2ccc(Cl)cc2Cl)SC1=S.Cl. The van der Waals surface area contributed by atoms with Crippen molar-refractivity contribution in [2.75, 3.05) is 33.8 Å². The lowest BCUT2D eigenvalue weighted by Crippen LogP contribution is -2.31. The standard InChI is InChI=1S/C17H18Cl2N2O3S2.ClH/c1-20(2)7-8-24-15(22)5-6-21-16(23)14(26-17(21)25)9-11-3-4-12(18)10-13(11)19;/h3-4,9-10H,5-8H2,1-2H3;1H/b14-9-;. The Bertz CT molecular complexity index is 757. The summed E-state index contributed by atoms with van der Waals surface area (Å²) < 4.78 is 5.53. The number of benzene rings is 1. The molecule has 0 unspecified atom stereocenters. The number of esters is 1. The van der Waals surface area contributed by atoms with E-state index in [9.17, 15) is 9.59 Å². The first-order chi connectivity index (χ1) is 12.3. The Hall–Kier alpha value is -0.830. The molecule has 148 valence electrons. The fourth-order valence-electron chi connectivity index (χ4n) is 2.07. The van der Waals surface area contributed by atoms with Crippen molar-refractivity contribution in [3.05, 3.63) is 38.7 Å². The molecule has 2 rings (SSSR count). The fraction of sp³-hybridized carbons (Fsp3) is 0.353. The molecule has 10 heteroatoms. The van der Waals surface area contributed by atoms with Crippen LogP contribution in [0.15, 0.2) is 23.1 Å². The number of likely N-dealkylation sites (N-methyl/N-ethyl adjacent to an activating group) is 1. The smallest absolute Gasteiger partial charge is 0.307 e. The second-order valence-corrected chi connectivity index (χ2v) is 8.29. The Labute approximate surface area is 184 Å². The molecular formula is C17H19Cl3N2O3S2. The van der Waals surface area contributed by atoms with Gasteiger partial charge in [-0.05, 0) is 37.9 Å². The minimum absolute atomic E-state index is 0. The highest BCUT2D eigenvalue weighted by Gasteiger charge is 2.32. The van der Waals surface area contributed by atoms with Crippen LogP contribution in [0.1, 0.15) is 12.0 Å². The molecule has 0 aromatic heterocycles. The molecule has 1 aromatic carbocycles. The lowest BCUT2D eigenvalue weighted by Gasteiger charge is -2.14. The maximum absolute atomic E-state index is 12.5. The highest BCUT2D eigenvalue weighted by molar-refractivity contribution is 8.26. The Kier molecular flexibility index (Phi) is 10.1. The summed E-state index contributed by atoms with van der Waals surface area (Å²) in [5.41, 5.74) is 0.680. The molecule has 0 aliphatic carbocycles. The molecule has 1 fully saturated rings. The van der Waals surface area contributed by atoms with E-state index in [1.807, 2.05) is 19.0 Å². The highest BCUT2D eigenvalue weighted by atomic mass is 35.5. The maximum Gasteiger partial charge on any atom is 0.307 e. The predicted molar refractivity (Wildman–Crippen MR) is 118 cm³/mol. The van der Waals surface area contributed by atoms with Crippen LogP contribution in [-0.2, 0) is 14.3 Å². The number of carbonyl (C=O) groups is 2. The van der Waals surface area contributed by atoms with E-state index in [1.54, 1.807) is 24.3 Å². The predicted octanol–water partition coefficient (Wildman–Crippen LogP) is 4.11. The second-order valence-electron chi connectivity index (χ2n) is 5.77. The van der Waals surface area contributed by atoms with Gasteiger partial charge >= 0.3 is 5.97 Å². The van der Waals surface area contributed by atoms with E-state index < -0.39 is 0 Å². The first kappa shape index (κ1) is 24.2. The second kappa shape index (κ2) is 11.2. The summed E-state index contributed by atoms with van der Waals surface area (Å²) in [5.74, 6) is -0.599. The number of halogens is 3. The summed E-state index contributed by atoms with van der Waals surface area (Å²) >= 11 is 18.5. The van der Waals surface area contributed by atoms with Crippen molar-refractivity contribution in [3.63, 3.8) is 0 Å². The summed E-state index contributed by atoms with van der Waals surface area (Å²) in [4.78, 5) is 28.1. The van der Waals surface area contributed by atoms with Gasteiger partial charge in [0.2, 0.25) is 0 Å². The van der Waals surface area contributed by atoms with E-state index in [-0.39, 0.29) is 37.2 Å². The molecule has 1 aliphatic heterocycles. The molecule has 1 amide bonds. The number of hydrogen-bond acceptors (Lipinski definition) is 6. The van der Waals surface area contributed by atoms with E-state index in [1.165, 1.54) is 16.7 Å². The van der Waals surface area contributed by atoms with Crippen LogP contribution in [0.2, 0.25) is 10.0 Å². The van der Waals surface area contributed by atoms with Crippen LogP contribution in [0.5, 0.6) is 0 Å². The summed E-state index contributed by atoms with van der Waals surface area (Å²) in [6.45, 7) is 1.16. The van der Waals surface area contributed by atoms with Crippen LogP contribution >= 0.6 is 59.6 Å². The lowest BCUT2D eigenvalue weighted by molar-refractivity contribution is -0.144. The molecule has 5 nitrogen and oxygen atoms in total. The normalized spacial score (nSPS) is 15.4. The summed E-state index contributed by atoms with van der Waals surface area (Å²) in [7, 11) is 3.79. The molecule has 0 spiro atoms. The molecule has 1 aromatic rings. The van der Waals surface area contributed by atoms with E-state index in [2.05, 4.69) is 0 Å². The van der Waals surface area contributed by atoms with Crippen molar-refractivity contribution in [2.45, 2.75) is 6.42 Å². The van der Waals surface area contributed by atoms with Gasteiger partial charge < -0.3 is 9.64 Å². The maximum atomic E-state index is 12.5. The first-order valence-electron chi connectivity index (χ1n) is 7.78. The van der Waals surface area contributed by atoms with Gasteiger partial charge in [-0.25, -0.2) is 0 Å². The van der Waals surface area contributed by atoms with Crippen molar-refractivity contribution in [2.24, 2.45) is 0 Å². The Morgan fingerprint density at radius 3 is 2.70 bits per heavy atom. The first-order valence-corrected chi connectivity index (χ1v) is 9.77. The Morgan fingerprint density at radius 2 is 2.07 bits per heavy atom. The van der Waals surface area contributed by atoms with Gasteiger partial charge in [0.15, 0.2) is 0 Å². The van der Waals surface area contributed by atoms with Gasteiger partial charge in [0.25, 0.3) is 5.91 Å². The number of nitrogens with zero attached hydrogens (tertiary/aromatic N) is 2. The van der Waals surface area contributed by atoms with Gasteiger partial charge in [0.1, 0.15) is 10.9 Å². The molecular weight excluding hydrogens is 451 g/mol. The van der Waals surface area contributed by atoms with Crippen LogP contribution in [0.3, 0.4) is 0 Å². The van der Waals surface area contributed by atoms with Crippen LogP contribution in [0.4, 0.5) is 0 Å². The van der Waals surface area contributed by atoms with E-state index in [0.29, 0.717) is 38.0 Å². The summed E-state index contributed by atoms with van der Waals surface area (Å²) in [5, 5.41) is 0.972. The monoisotopic (exact) mass is 468 g/mol. The zero-order valence-corrected chi connectivity index (χ0v) is 18.7. The minimum Gasteiger partial charge on any atom is -0.464 e. The molecule has 27 heavy (non-hydrogen) atoms.